The normalized spacial score (nSPS) is 9.50. The fraction of sp³-hybridized carbons (Fsp3) is 0. The average molecular weight is 201 g/mol. The molecule has 1 aromatic carbocycles. The van der Waals surface area contributed by atoms with Crippen molar-refractivity contribution in [3.63, 3.8) is 0 Å². The zero-order chi connectivity index (χ0) is 9.14. The summed E-state index contributed by atoms with van der Waals surface area (Å²) in [7, 11) is 0. The Morgan fingerprint density at radius 1 is 0.917 bits per heavy atom. The highest BCUT2D eigenvalue weighted by atomic mass is 35.5. The van der Waals surface area contributed by atoms with Gasteiger partial charge in [0.05, 0.1) is 10.0 Å². The predicted molar refractivity (Wildman–Crippen MR) is 46.1 cm³/mol. The van der Waals surface area contributed by atoms with Crippen LogP contribution in [0, 0.1) is 0 Å². The van der Waals surface area contributed by atoms with Gasteiger partial charge in [-0.05, 0) is 12.1 Å². The van der Waals surface area contributed by atoms with Crippen LogP contribution in [0.1, 0.15) is 11.1 Å². The molecule has 0 unspecified atom stereocenters. The number of carbonyl (C=O) groups excluding carboxylic acids is 2. The van der Waals surface area contributed by atoms with Crippen molar-refractivity contribution in [3.05, 3.63) is 33.3 Å². The molecule has 4 heteroatoms. The van der Waals surface area contributed by atoms with E-state index in [0.29, 0.717) is 0 Å². The molecule has 2 radical (unpaired) electrons. The van der Waals surface area contributed by atoms with Crippen LogP contribution in [-0.4, -0.2) is 12.6 Å². The van der Waals surface area contributed by atoms with Crippen molar-refractivity contribution in [1.29, 1.82) is 0 Å². The molecule has 0 atom stereocenters. The molecule has 60 valence electrons. The Balaban J connectivity index is 3.38. The van der Waals surface area contributed by atoms with Gasteiger partial charge in [0.2, 0.25) is 12.6 Å². The molecule has 0 bridgehead atoms. The Hall–Kier alpha value is -0.860. The minimum atomic E-state index is 0.0347. The summed E-state index contributed by atoms with van der Waals surface area (Å²) in [6, 6.07) is 2.73. The summed E-state index contributed by atoms with van der Waals surface area (Å²) in [6.45, 7) is 0. The summed E-state index contributed by atoms with van der Waals surface area (Å²) >= 11 is 11.2. The van der Waals surface area contributed by atoms with Crippen molar-refractivity contribution in [2.24, 2.45) is 0 Å². The summed E-state index contributed by atoms with van der Waals surface area (Å²) in [4.78, 5) is 20.4. The van der Waals surface area contributed by atoms with Crippen LogP contribution in [-0.2, 0) is 9.59 Å². The molecule has 1 rings (SSSR count). The van der Waals surface area contributed by atoms with E-state index < -0.39 is 0 Å². The van der Waals surface area contributed by atoms with Crippen molar-refractivity contribution in [1.82, 2.24) is 0 Å². The lowest BCUT2D eigenvalue weighted by Crippen LogP contribution is -1.88. The molecule has 0 aliphatic carbocycles. The molecule has 0 spiro atoms. The fourth-order valence-corrected chi connectivity index (χ4v) is 1.11. The van der Waals surface area contributed by atoms with E-state index >= 15 is 0 Å². The van der Waals surface area contributed by atoms with Crippen LogP contribution in [0.4, 0.5) is 0 Å². The van der Waals surface area contributed by atoms with Crippen LogP contribution < -0.4 is 0 Å². The molecule has 0 saturated heterocycles. The Bertz CT molecular complexity index is 301. The first-order valence-corrected chi connectivity index (χ1v) is 3.70. The van der Waals surface area contributed by atoms with Crippen LogP contribution >= 0.6 is 23.2 Å². The monoisotopic (exact) mass is 200 g/mol. The van der Waals surface area contributed by atoms with Gasteiger partial charge in [0, 0.05) is 11.1 Å². The maximum Gasteiger partial charge on any atom is 0.235 e. The minimum absolute atomic E-state index is 0.0347. The number of halogens is 2. The van der Waals surface area contributed by atoms with E-state index in [-0.39, 0.29) is 21.2 Å². The molecule has 0 N–H and O–H groups in total. The fourth-order valence-electron chi connectivity index (χ4n) is 0.707. The Kier molecular flexibility index (Phi) is 2.84. The summed E-state index contributed by atoms with van der Waals surface area (Å²) in [6.07, 6.45) is 3.18. The third-order valence-corrected chi connectivity index (χ3v) is 2.18. The zero-order valence-electron chi connectivity index (χ0n) is 5.73. The van der Waals surface area contributed by atoms with Crippen LogP contribution in [0.15, 0.2) is 12.1 Å². The maximum atomic E-state index is 10.2. The molecular formula is C8H2Cl2O2. The lowest BCUT2D eigenvalue weighted by molar-refractivity contribution is 0.561. The Labute approximate surface area is 79.1 Å². The summed E-state index contributed by atoms with van der Waals surface area (Å²) in [5.41, 5.74) is 0.279. The first kappa shape index (κ1) is 9.23. The Morgan fingerprint density at radius 3 is 1.50 bits per heavy atom. The highest BCUT2D eigenvalue weighted by molar-refractivity contribution is 6.44. The van der Waals surface area contributed by atoms with Gasteiger partial charge in [0.25, 0.3) is 0 Å². The van der Waals surface area contributed by atoms with Gasteiger partial charge in [0.15, 0.2) is 0 Å². The van der Waals surface area contributed by atoms with E-state index in [1.165, 1.54) is 12.1 Å². The van der Waals surface area contributed by atoms with E-state index in [1.54, 1.807) is 12.6 Å². The van der Waals surface area contributed by atoms with Crippen LogP contribution in [0.5, 0.6) is 0 Å². The van der Waals surface area contributed by atoms with Crippen LogP contribution in [0.25, 0.3) is 0 Å². The molecule has 0 aliphatic heterocycles. The van der Waals surface area contributed by atoms with Crippen LogP contribution in [0.2, 0.25) is 10.0 Å². The van der Waals surface area contributed by atoms with Gasteiger partial charge in [0.1, 0.15) is 0 Å². The number of hydrogen-bond acceptors (Lipinski definition) is 2. The highest BCUT2D eigenvalue weighted by Gasteiger charge is 2.09. The summed E-state index contributed by atoms with van der Waals surface area (Å²) < 4.78 is 0. The van der Waals surface area contributed by atoms with Gasteiger partial charge in [-0.15, -0.1) is 0 Å². The van der Waals surface area contributed by atoms with E-state index in [1.807, 2.05) is 0 Å². The third-order valence-electron chi connectivity index (χ3n) is 1.30. The first-order chi connectivity index (χ1) is 5.70. The average Bonchev–Trinajstić information content (AvgIpc) is 2.10. The van der Waals surface area contributed by atoms with Gasteiger partial charge >= 0.3 is 0 Å². The summed E-state index contributed by atoms with van der Waals surface area (Å²) in [5, 5.41) is 0.0695. The molecule has 2 nitrogen and oxygen atoms in total. The van der Waals surface area contributed by atoms with Gasteiger partial charge in [-0.3, -0.25) is 9.59 Å². The highest BCUT2D eigenvalue weighted by Crippen LogP contribution is 2.27. The first-order valence-electron chi connectivity index (χ1n) is 2.95. The topological polar surface area (TPSA) is 34.1 Å². The molecule has 0 heterocycles. The number of hydrogen-bond donors (Lipinski definition) is 0. The zero-order valence-corrected chi connectivity index (χ0v) is 7.24. The lowest BCUT2D eigenvalue weighted by Gasteiger charge is -1.99. The van der Waals surface area contributed by atoms with Gasteiger partial charge in [-0.2, -0.15) is 0 Å². The van der Waals surface area contributed by atoms with Gasteiger partial charge in [-0.1, -0.05) is 23.2 Å². The maximum absolute atomic E-state index is 10.2. The van der Waals surface area contributed by atoms with E-state index in [2.05, 4.69) is 0 Å². The quantitative estimate of drug-likeness (QED) is 0.732. The molecule has 12 heavy (non-hydrogen) atoms. The van der Waals surface area contributed by atoms with E-state index in [0.717, 1.165) is 0 Å². The second-order valence-electron chi connectivity index (χ2n) is 1.99. The van der Waals surface area contributed by atoms with Gasteiger partial charge in [-0.25, -0.2) is 0 Å². The molecule has 1 aromatic rings. The minimum Gasteiger partial charge on any atom is -0.285 e. The van der Waals surface area contributed by atoms with Crippen LogP contribution in [0.3, 0.4) is 0 Å². The number of rotatable bonds is 2. The lowest BCUT2D eigenvalue weighted by atomic mass is 10.1. The van der Waals surface area contributed by atoms with E-state index in [9.17, 15) is 9.59 Å². The molecule has 0 fully saturated rings. The number of benzene rings is 1. The van der Waals surface area contributed by atoms with Gasteiger partial charge < -0.3 is 0 Å². The molecule has 0 aliphatic rings. The van der Waals surface area contributed by atoms with E-state index in [4.69, 9.17) is 23.2 Å². The standard InChI is InChI=1S/C8H2Cl2O2/c9-7-5(3-11)1-2-6(4-12)8(7)10/h1-2H. The second-order valence-corrected chi connectivity index (χ2v) is 2.75. The van der Waals surface area contributed by atoms with Crippen molar-refractivity contribution >= 4 is 35.8 Å². The SMILES string of the molecule is O=[C]c1ccc([C]=O)c(Cl)c1Cl. The van der Waals surface area contributed by atoms with Crippen molar-refractivity contribution in [2.75, 3.05) is 0 Å². The molecule has 0 amide bonds. The Morgan fingerprint density at radius 2 is 1.25 bits per heavy atom. The molecule has 0 saturated carbocycles. The van der Waals surface area contributed by atoms with Crippen molar-refractivity contribution in [3.8, 4) is 0 Å². The molecular weight excluding hydrogens is 199 g/mol. The largest absolute Gasteiger partial charge is 0.285 e. The smallest absolute Gasteiger partial charge is 0.235 e. The summed E-state index contributed by atoms with van der Waals surface area (Å²) in [5.74, 6) is 0. The molecule has 0 aromatic heterocycles. The van der Waals surface area contributed by atoms with Crippen molar-refractivity contribution in [2.45, 2.75) is 0 Å². The third kappa shape index (κ3) is 1.49. The predicted octanol–water partition coefficient (Wildman–Crippen LogP) is 1.91. The second kappa shape index (κ2) is 3.70. The van der Waals surface area contributed by atoms with Crippen molar-refractivity contribution < 1.29 is 9.59 Å².